The topological polar surface area (TPSA) is 69.6 Å². The molecule has 0 aromatic carbocycles. The second-order valence-electron chi connectivity index (χ2n) is 4.05. The number of halogens is 3. The molecule has 1 aliphatic rings. The molecule has 0 spiro atoms. The third-order valence-corrected chi connectivity index (χ3v) is 2.88. The van der Waals surface area contributed by atoms with Gasteiger partial charge >= 0.3 is 12.3 Å². The minimum Gasteiger partial charge on any atom is -0.465 e. The fourth-order valence-corrected chi connectivity index (χ4v) is 2.02. The van der Waals surface area contributed by atoms with Crippen molar-refractivity contribution in [3.63, 3.8) is 0 Å². The number of aliphatic hydroxyl groups is 1. The molecule has 4 nitrogen and oxygen atoms in total. The highest BCUT2D eigenvalue weighted by Gasteiger charge is 2.44. The Kier molecular flexibility index (Phi) is 4.01. The maximum Gasteiger partial charge on any atom is 0.414 e. The van der Waals surface area contributed by atoms with E-state index in [0.29, 0.717) is 12.8 Å². The Hall–Kier alpha value is -0.980. The van der Waals surface area contributed by atoms with Gasteiger partial charge < -0.3 is 15.5 Å². The van der Waals surface area contributed by atoms with Crippen LogP contribution in [0.1, 0.15) is 25.7 Å². The lowest BCUT2D eigenvalue weighted by molar-refractivity contribution is -0.222. The SMILES string of the molecule is O=C(O)N[C@H]1CC[C@H]([C@@H](O)C(F)(F)F)CC1. The second kappa shape index (κ2) is 4.90. The molecule has 0 aromatic rings. The van der Waals surface area contributed by atoms with Crippen LogP contribution in [0.4, 0.5) is 18.0 Å². The molecule has 0 saturated heterocycles. The highest BCUT2D eigenvalue weighted by atomic mass is 19.4. The van der Waals surface area contributed by atoms with Gasteiger partial charge in [-0.1, -0.05) is 0 Å². The van der Waals surface area contributed by atoms with Crippen molar-refractivity contribution >= 4 is 6.09 Å². The van der Waals surface area contributed by atoms with Crippen LogP contribution in [0.3, 0.4) is 0 Å². The maximum atomic E-state index is 12.2. The van der Waals surface area contributed by atoms with Crippen LogP contribution in [0.15, 0.2) is 0 Å². The first-order valence-electron chi connectivity index (χ1n) is 5.05. The van der Waals surface area contributed by atoms with Crippen molar-refractivity contribution in [1.82, 2.24) is 5.32 Å². The zero-order valence-corrected chi connectivity index (χ0v) is 8.50. The summed E-state index contributed by atoms with van der Waals surface area (Å²) in [5, 5.41) is 19.7. The molecule has 1 rings (SSSR count). The number of hydrogen-bond acceptors (Lipinski definition) is 2. The van der Waals surface area contributed by atoms with Gasteiger partial charge in [-0.05, 0) is 31.6 Å². The van der Waals surface area contributed by atoms with E-state index in [2.05, 4.69) is 5.32 Å². The normalized spacial score (nSPS) is 28.5. The molecule has 94 valence electrons. The molecule has 0 aromatic heterocycles. The third kappa shape index (κ3) is 3.55. The van der Waals surface area contributed by atoms with Crippen LogP contribution in [0.5, 0.6) is 0 Å². The van der Waals surface area contributed by atoms with Crippen molar-refractivity contribution in [3.05, 3.63) is 0 Å². The van der Waals surface area contributed by atoms with Crippen LogP contribution in [0, 0.1) is 5.92 Å². The molecule has 0 bridgehead atoms. The average molecular weight is 241 g/mol. The molecule has 1 amide bonds. The van der Waals surface area contributed by atoms with E-state index in [0.717, 1.165) is 0 Å². The molecule has 7 heteroatoms. The van der Waals surface area contributed by atoms with E-state index in [1.165, 1.54) is 0 Å². The molecule has 1 aliphatic carbocycles. The summed E-state index contributed by atoms with van der Waals surface area (Å²) in [6, 6.07) is -0.297. The molecule has 1 saturated carbocycles. The monoisotopic (exact) mass is 241 g/mol. The Balaban J connectivity index is 2.40. The first kappa shape index (κ1) is 13.1. The van der Waals surface area contributed by atoms with Gasteiger partial charge in [-0.2, -0.15) is 13.2 Å². The smallest absolute Gasteiger partial charge is 0.414 e. The Morgan fingerprint density at radius 2 is 1.75 bits per heavy atom. The zero-order valence-electron chi connectivity index (χ0n) is 8.50. The number of carboxylic acid groups (broad SMARTS) is 1. The van der Waals surface area contributed by atoms with Crippen LogP contribution < -0.4 is 5.32 Å². The van der Waals surface area contributed by atoms with Gasteiger partial charge in [0, 0.05) is 6.04 Å². The van der Waals surface area contributed by atoms with E-state index in [1.807, 2.05) is 0 Å². The summed E-state index contributed by atoms with van der Waals surface area (Å²) >= 11 is 0. The standard InChI is InChI=1S/C9H14F3NO3/c10-9(11,12)7(14)5-1-3-6(4-2-5)13-8(15)16/h5-7,13-14H,1-4H2,(H,15,16)/t5-,6-,7-/m1/s1. The summed E-state index contributed by atoms with van der Waals surface area (Å²) in [5.74, 6) is -0.813. The van der Waals surface area contributed by atoms with E-state index in [-0.39, 0.29) is 18.9 Å². The van der Waals surface area contributed by atoms with E-state index in [4.69, 9.17) is 10.2 Å². The lowest BCUT2D eigenvalue weighted by atomic mass is 9.82. The van der Waals surface area contributed by atoms with Crippen LogP contribution in [-0.4, -0.2) is 34.6 Å². The number of nitrogens with one attached hydrogen (secondary N) is 1. The Labute approximate surface area is 90.4 Å². The lowest BCUT2D eigenvalue weighted by Crippen LogP contribution is -2.42. The summed E-state index contributed by atoms with van der Waals surface area (Å²) in [4.78, 5) is 10.3. The van der Waals surface area contributed by atoms with Gasteiger partial charge in [0.2, 0.25) is 0 Å². The van der Waals surface area contributed by atoms with Crippen molar-refractivity contribution < 1.29 is 28.2 Å². The van der Waals surface area contributed by atoms with Crippen LogP contribution >= 0.6 is 0 Å². The number of amides is 1. The summed E-state index contributed by atoms with van der Waals surface area (Å²) in [6.45, 7) is 0. The predicted octanol–water partition coefficient (Wildman–Crippen LogP) is 1.74. The molecular weight excluding hydrogens is 227 g/mol. The van der Waals surface area contributed by atoms with E-state index in [1.54, 1.807) is 0 Å². The lowest BCUT2D eigenvalue weighted by Gasteiger charge is -2.32. The molecule has 16 heavy (non-hydrogen) atoms. The molecule has 0 radical (unpaired) electrons. The molecule has 0 aliphatic heterocycles. The fraction of sp³-hybridized carbons (Fsp3) is 0.889. The van der Waals surface area contributed by atoms with E-state index < -0.39 is 24.3 Å². The molecule has 3 N–H and O–H groups in total. The zero-order chi connectivity index (χ0) is 12.3. The number of carbonyl (C=O) groups is 1. The van der Waals surface area contributed by atoms with Gasteiger partial charge in [0.15, 0.2) is 6.10 Å². The maximum absolute atomic E-state index is 12.2. The van der Waals surface area contributed by atoms with E-state index >= 15 is 0 Å². The molecule has 0 heterocycles. The van der Waals surface area contributed by atoms with Gasteiger partial charge in [-0.15, -0.1) is 0 Å². The second-order valence-corrected chi connectivity index (χ2v) is 4.05. The predicted molar refractivity (Wildman–Crippen MR) is 49.0 cm³/mol. The van der Waals surface area contributed by atoms with Crippen molar-refractivity contribution in [1.29, 1.82) is 0 Å². The van der Waals surface area contributed by atoms with Crippen molar-refractivity contribution in [2.24, 2.45) is 5.92 Å². The highest BCUT2D eigenvalue weighted by Crippen LogP contribution is 2.34. The van der Waals surface area contributed by atoms with E-state index in [9.17, 15) is 18.0 Å². The molecule has 1 atom stereocenters. The fourth-order valence-electron chi connectivity index (χ4n) is 2.02. The minimum absolute atomic E-state index is 0.186. The van der Waals surface area contributed by atoms with Crippen molar-refractivity contribution in [3.8, 4) is 0 Å². The van der Waals surface area contributed by atoms with Gasteiger partial charge in [0.1, 0.15) is 0 Å². The summed E-state index contributed by atoms with van der Waals surface area (Å²) in [7, 11) is 0. The van der Waals surface area contributed by atoms with Crippen molar-refractivity contribution in [2.75, 3.05) is 0 Å². The number of aliphatic hydroxyl groups excluding tert-OH is 1. The summed E-state index contributed by atoms with van der Waals surface area (Å²) in [5.41, 5.74) is 0. The van der Waals surface area contributed by atoms with Gasteiger partial charge in [-0.25, -0.2) is 4.79 Å². The van der Waals surface area contributed by atoms with Crippen LogP contribution in [0.25, 0.3) is 0 Å². The van der Waals surface area contributed by atoms with Crippen molar-refractivity contribution in [2.45, 2.75) is 44.0 Å². The first-order valence-corrected chi connectivity index (χ1v) is 5.05. The Morgan fingerprint density at radius 3 is 2.12 bits per heavy atom. The third-order valence-electron chi connectivity index (χ3n) is 2.88. The van der Waals surface area contributed by atoms with Crippen LogP contribution in [-0.2, 0) is 0 Å². The quantitative estimate of drug-likeness (QED) is 0.689. The van der Waals surface area contributed by atoms with Gasteiger partial charge in [-0.3, -0.25) is 0 Å². The highest BCUT2D eigenvalue weighted by molar-refractivity contribution is 5.64. The molecular formula is C9H14F3NO3. The van der Waals surface area contributed by atoms with Gasteiger partial charge in [0.05, 0.1) is 0 Å². The van der Waals surface area contributed by atoms with Crippen LogP contribution in [0.2, 0.25) is 0 Å². The summed E-state index contributed by atoms with van der Waals surface area (Å²) in [6.07, 6.45) is -7.00. The van der Waals surface area contributed by atoms with Gasteiger partial charge in [0.25, 0.3) is 0 Å². The largest absolute Gasteiger partial charge is 0.465 e. The minimum atomic E-state index is -4.59. The Bertz CT molecular complexity index is 249. The summed E-state index contributed by atoms with van der Waals surface area (Å²) < 4.78 is 36.5. The first-order chi connectivity index (χ1) is 7.30. The molecule has 0 unspecified atom stereocenters. The molecule has 1 fully saturated rings. The number of alkyl halides is 3. The Morgan fingerprint density at radius 1 is 1.25 bits per heavy atom. The number of hydrogen-bond donors (Lipinski definition) is 3. The number of rotatable bonds is 2. The average Bonchev–Trinajstić information content (AvgIpc) is 2.15.